The van der Waals surface area contributed by atoms with E-state index in [9.17, 15) is 4.79 Å². The van der Waals surface area contributed by atoms with E-state index in [1.807, 2.05) is 17.0 Å². The molecule has 4 rings (SSSR count). The molecule has 0 aromatic heterocycles. The Hall–Kier alpha value is -2.33. The number of amides is 1. The molecular formula is C27H37N3O. The highest BCUT2D eigenvalue weighted by molar-refractivity contribution is 5.94. The number of piperidine rings is 1. The van der Waals surface area contributed by atoms with E-state index in [1.54, 1.807) is 0 Å². The molecule has 2 aromatic carbocycles. The van der Waals surface area contributed by atoms with Gasteiger partial charge in [0.1, 0.15) is 0 Å². The number of benzene rings is 2. The Labute approximate surface area is 187 Å². The van der Waals surface area contributed by atoms with Crippen molar-refractivity contribution in [1.29, 1.82) is 0 Å². The Bertz CT molecular complexity index is 860. The first-order chi connectivity index (χ1) is 15.1. The van der Waals surface area contributed by atoms with Crippen LogP contribution in [0.5, 0.6) is 0 Å². The van der Waals surface area contributed by atoms with Crippen LogP contribution in [0.15, 0.2) is 54.6 Å². The molecule has 4 nitrogen and oxygen atoms in total. The summed E-state index contributed by atoms with van der Waals surface area (Å²) in [5.74, 6) is 0.149. The van der Waals surface area contributed by atoms with Crippen molar-refractivity contribution < 1.29 is 4.79 Å². The zero-order valence-electron chi connectivity index (χ0n) is 19.3. The number of nitrogens with zero attached hydrogens (tertiary/aromatic N) is 2. The average Bonchev–Trinajstić information content (AvgIpc) is 2.98. The van der Waals surface area contributed by atoms with Crippen LogP contribution in [0.2, 0.25) is 0 Å². The maximum Gasteiger partial charge on any atom is 0.253 e. The van der Waals surface area contributed by atoms with Crippen molar-refractivity contribution in [3.63, 3.8) is 0 Å². The van der Waals surface area contributed by atoms with E-state index >= 15 is 0 Å². The second-order valence-corrected chi connectivity index (χ2v) is 9.35. The predicted octanol–water partition coefficient (Wildman–Crippen LogP) is 5.51. The van der Waals surface area contributed by atoms with E-state index in [2.05, 4.69) is 73.6 Å². The number of hydrogen-bond acceptors (Lipinski definition) is 3. The molecule has 2 aliphatic rings. The maximum absolute atomic E-state index is 12.9. The van der Waals surface area contributed by atoms with Crippen molar-refractivity contribution in [3.05, 3.63) is 65.7 Å². The fourth-order valence-electron chi connectivity index (χ4n) is 5.77. The molecule has 4 heteroatoms. The molecule has 0 aliphatic carbocycles. The van der Waals surface area contributed by atoms with Crippen molar-refractivity contribution in [2.24, 2.45) is 0 Å². The summed E-state index contributed by atoms with van der Waals surface area (Å²) in [6.45, 7) is 5.90. The normalized spacial score (nSPS) is 25.4. The van der Waals surface area contributed by atoms with Gasteiger partial charge in [-0.1, -0.05) is 44.2 Å². The highest BCUT2D eigenvalue weighted by atomic mass is 16.2. The molecule has 2 fully saturated rings. The van der Waals surface area contributed by atoms with E-state index in [1.165, 1.54) is 24.8 Å². The van der Waals surface area contributed by atoms with E-state index in [-0.39, 0.29) is 11.4 Å². The highest BCUT2D eigenvalue weighted by Crippen LogP contribution is 2.50. The topological polar surface area (TPSA) is 35.6 Å². The van der Waals surface area contributed by atoms with Crippen molar-refractivity contribution >= 4 is 11.6 Å². The molecule has 3 unspecified atom stereocenters. The summed E-state index contributed by atoms with van der Waals surface area (Å²) in [4.78, 5) is 17.5. The third-order valence-corrected chi connectivity index (χ3v) is 7.34. The highest BCUT2D eigenvalue weighted by Gasteiger charge is 2.50. The summed E-state index contributed by atoms with van der Waals surface area (Å²) in [6, 6.07) is 20.2. The van der Waals surface area contributed by atoms with Crippen LogP contribution in [-0.4, -0.2) is 47.9 Å². The van der Waals surface area contributed by atoms with Gasteiger partial charge in [-0.15, -0.1) is 0 Å². The third kappa shape index (κ3) is 4.36. The molecule has 1 amide bonds. The summed E-state index contributed by atoms with van der Waals surface area (Å²) in [5.41, 5.74) is 3.49. The first kappa shape index (κ1) is 21.9. The molecule has 2 aliphatic heterocycles. The number of carbonyl (C=O) groups is 1. The fourth-order valence-corrected chi connectivity index (χ4v) is 5.77. The van der Waals surface area contributed by atoms with Crippen molar-refractivity contribution in [3.8, 4) is 0 Å². The maximum atomic E-state index is 12.9. The third-order valence-electron chi connectivity index (χ3n) is 7.34. The standard InChI is InChI=1S/C27H37N3O/c1-4-17-30(18-5-2)26(31)21-11-13-23(14-12-21)28-24-19-25-15-16-27(20-24,29(25)3)22-9-7-6-8-10-22/h6-14,24-25,28H,4-5,15-20H2,1-3H3. The van der Waals surface area contributed by atoms with Gasteiger partial charge in [-0.3, -0.25) is 9.69 Å². The zero-order chi connectivity index (χ0) is 21.8. The minimum Gasteiger partial charge on any atom is -0.382 e. The van der Waals surface area contributed by atoms with Crippen molar-refractivity contribution in [2.75, 3.05) is 25.5 Å². The Balaban J connectivity index is 1.46. The number of nitrogens with one attached hydrogen (secondary N) is 1. The summed E-state index contributed by atoms with van der Waals surface area (Å²) < 4.78 is 0. The molecule has 0 saturated carbocycles. The first-order valence-electron chi connectivity index (χ1n) is 12.0. The van der Waals surface area contributed by atoms with Gasteiger partial charge in [-0.2, -0.15) is 0 Å². The number of fused-ring (bicyclic) bond motifs is 2. The molecule has 2 heterocycles. The molecule has 0 radical (unpaired) electrons. The Kier molecular flexibility index (Phi) is 6.66. The lowest BCUT2D eigenvalue weighted by atomic mass is 9.80. The van der Waals surface area contributed by atoms with Gasteiger partial charge in [0, 0.05) is 42.0 Å². The lowest BCUT2D eigenvalue weighted by molar-refractivity contribution is 0.0732. The monoisotopic (exact) mass is 419 g/mol. The number of hydrogen-bond donors (Lipinski definition) is 1. The smallest absolute Gasteiger partial charge is 0.253 e. The number of rotatable bonds is 8. The van der Waals surface area contributed by atoms with Gasteiger partial charge in [0.05, 0.1) is 0 Å². The molecular weight excluding hydrogens is 382 g/mol. The Morgan fingerprint density at radius 1 is 1.06 bits per heavy atom. The minimum absolute atomic E-state index is 0.137. The number of anilines is 1. The quantitative estimate of drug-likeness (QED) is 0.612. The van der Waals surface area contributed by atoms with Crippen LogP contribution in [0.25, 0.3) is 0 Å². The fraction of sp³-hybridized carbons (Fsp3) is 0.519. The second kappa shape index (κ2) is 9.44. The molecule has 2 bridgehead atoms. The van der Waals surface area contributed by atoms with E-state index in [0.29, 0.717) is 12.1 Å². The van der Waals surface area contributed by atoms with E-state index in [4.69, 9.17) is 0 Å². The summed E-state index contributed by atoms with van der Waals surface area (Å²) in [6.07, 6.45) is 6.77. The first-order valence-corrected chi connectivity index (χ1v) is 12.0. The second-order valence-electron chi connectivity index (χ2n) is 9.35. The largest absolute Gasteiger partial charge is 0.382 e. The average molecular weight is 420 g/mol. The minimum atomic E-state index is 0.137. The molecule has 31 heavy (non-hydrogen) atoms. The van der Waals surface area contributed by atoms with Crippen LogP contribution in [0.3, 0.4) is 0 Å². The van der Waals surface area contributed by atoms with Crippen molar-refractivity contribution in [2.45, 2.75) is 70.0 Å². The Morgan fingerprint density at radius 2 is 1.74 bits per heavy atom. The van der Waals surface area contributed by atoms with Crippen LogP contribution in [0.4, 0.5) is 5.69 Å². The Morgan fingerprint density at radius 3 is 2.39 bits per heavy atom. The lowest BCUT2D eigenvalue weighted by Gasteiger charge is -2.46. The summed E-state index contributed by atoms with van der Waals surface area (Å²) in [5, 5.41) is 3.79. The van der Waals surface area contributed by atoms with Crippen LogP contribution in [-0.2, 0) is 5.54 Å². The van der Waals surface area contributed by atoms with E-state index in [0.717, 1.165) is 43.6 Å². The van der Waals surface area contributed by atoms with Gasteiger partial charge in [0.25, 0.3) is 5.91 Å². The molecule has 1 N–H and O–H groups in total. The molecule has 2 aromatic rings. The predicted molar refractivity (Wildman–Crippen MR) is 128 cm³/mol. The van der Waals surface area contributed by atoms with Gasteiger partial charge >= 0.3 is 0 Å². The zero-order valence-corrected chi connectivity index (χ0v) is 19.3. The van der Waals surface area contributed by atoms with Crippen LogP contribution < -0.4 is 5.32 Å². The van der Waals surface area contributed by atoms with Crippen LogP contribution >= 0.6 is 0 Å². The van der Waals surface area contributed by atoms with Gasteiger partial charge in [0.2, 0.25) is 0 Å². The van der Waals surface area contributed by atoms with E-state index < -0.39 is 0 Å². The SMILES string of the molecule is CCCN(CCC)C(=O)c1ccc(NC2CC3CCC(c4ccccc4)(C2)N3C)cc1. The molecule has 0 spiro atoms. The molecule has 3 atom stereocenters. The van der Waals surface area contributed by atoms with Crippen LogP contribution in [0, 0.1) is 0 Å². The molecule has 166 valence electrons. The van der Waals surface area contributed by atoms with Crippen LogP contribution in [0.1, 0.15) is 68.3 Å². The van der Waals surface area contributed by atoms with Gasteiger partial charge in [0.15, 0.2) is 0 Å². The lowest BCUT2D eigenvalue weighted by Crippen LogP contribution is -2.51. The number of carbonyl (C=O) groups excluding carboxylic acids is 1. The molecule has 2 saturated heterocycles. The summed E-state index contributed by atoms with van der Waals surface area (Å²) in [7, 11) is 2.31. The summed E-state index contributed by atoms with van der Waals surface area (Å²) >= 11 is 0. The van der Waals surface area contributed by atoms with Gasteiger partial charge in [-0.25, -0.2) is 0 Å². The van der Waals surface area contributed by atoms with Gasteiger partial charge in [-0.05, 0) is 75.4 Å². The van der Waals surface area contributed by atoms with Crippen molar-refractivity contribution in [1.82, 2.24) is 9.80 Å². The van der Waals surface area contributed by atoms with Gasteiger partial charge < -0.3 is 10.2 Å².